The van der Waals surface area contributed by atoms with Gasteiger partial charge in [0.25, 0.3) is 0 Å². The maximum absolute atomic E-state index is 12.3. The summed E-state index contributed by atoms with van der Waals surface area (Å²) >= 11 is 0. The molecule has 0 saturated carbocycles. The molecule has 1 unspecified atom stereocenters. The quantitative estimate of drug-likeness (QED) is 0.541. The fourth-order valence-corrected chi connectivity index (χ4v) is 3.09. The smallest absolute Gasteiger partial charge is 0.408 e. The molecular weight excluding hydrogens is 372 g/mol. The van der Waals surface area contributed by atoms with Crippen molar-refractivity contribution in [3.8, 4) is 0 Å². The van der Waals surface area contributed by atoms with E-state index in [1.807, 2.05) is 56.3 Å². The maximum atomic E-state index is 12.3. The van der Waals surface area contributed by atoms with Gasteiger partial charge in [0.15, 0.2) is 11.4 Å². The number of amides is 1. The molecule has 8 heteroatoms. The number of aromatic nitrogens is 3. The van der Waals surface area contributed by atoms with Crippen molar-refractivity contribution in [2.45, 2.75) is 26.3 Å². The third-order valence-corrected chi connectivity index (χ3v) is 4.72. The average molecular weight is 392 g/mol. The van der Waals surface area contributed by atoms with Crippen LogP contribution in [-0.4, -0.2) is 27.2 Å². The van der Waals surface area contributed by atoms with Crippen molar-refractivity contribution < 1.29 is 13.7 Å². The van der Waals surface area contributed by atoms with Crippen LogP contribution >= 0.6 is 0 Å². The molecule has 4 aromatic rings. The largest absolute Gasteiger partial charge is 0.420 e. The molecule has 2 aromatic heterocycles. The summed E-state index contributed by atoms with van der Waals surface area (Å²) in [6, 6.07) is 15.3. The lowest BCUT2D eigenvalue weighted by atomic mass is 10.0. The van der Waals surface area contributed by atoms with Crippen LogP contribution in [0.3, 0.4) is 0 Å². The summed E-state index contributed by atoms with van der Waals surface area (Å²) < 4.78 is 11.7. The van der Waals surface area contributed by atoms with Crippen LogP contribution in [0, 0.1) is 6.92 Å². The van der Waals surface area contributed by atoms with E-state index < -0.39 is 11.7 Å². The lowest BCUT2D eigenvalue weighted by molar-refractivity contribution is 0.0907. The lowest BCUT2D eigenvalue weighted by Gasteiger charge is -2.11. The second-order valence-corrected chi connectivity index (χ2v) is 6.96. The van der Waals surface area contributed by atoms with E-state index in [0.717, 1.165) is 11.1 Å². The summed E-state index contributed by atoms with van der Waals surface area (Å²) in [5, 5.41) is 6.62. The Morgan fingerprint density at radius 2 is 2.00 bits per heavy atom. The monoisotopic (exact) mass is 392 g/mol. The van der Waals surface area contributed by atoms with Gasteiger partial charge in [0.2, 0.25) is 0 Å². The summed E-state index contributed by atoms with van der Waals surface area (Å²) in [6.07, 6.45) is 0. The first kappa shape index (κ1) is 18.7. The first-order valence-electron chi connectivity index (χ1n) is 9.27. The zero-order valence-electron chi connectivity index (χ0n) is 16.1. The molecule has 0 radical (unpaired) electrons. The van der Waals surface area contributed by atoms with Gasteiger partial charge in [-0.3, -0.25) is 9.36 Å². The number of hydrogen-bond acceptors (Lipinski definition) is 6. The van der Waals surface area contributed by atoms with Gasteiger partial charge in [-0.1, -0.05) is 48.5 Å². The summed E-state index contributed by atoms with van der Waals surface area (Å²) in [6.45, 7) is 4.43. The molecular formula is C21H20N4O4. The second kappa shape index (κ2) is 7.75. The van der Waals surface area contributed by atoms with E-state index in [9.17, 15) is 9.59 Å². The van der Waals surface area contributed by atoms with Crippen molar-refractivity contribution in [1.82, 2.24) is 20.0 Å². The van der Waals surface area contributed by atoms with Crippen molar-refractivity contribution in [1.29, 1.82) is 0 Å². The van der Waals surface area contributed by atoms with Crippen LogP contribution in [0.1, 0.15) is 40.5 Å². The van der Waals surface area contributed by atoms with E-state index in [1.165, 1.54) is 4.57 Å². The van der Waals surface area contributed by atoms with Crippen molar-refractivity contribution >= 4 is 17.0 Å². The van der Waals surface area contributed by atoms with E-state index in [-0.39, 0.29) is 24.2 Å². The Bertz CT molecular complexity index is 1210. The number of aryl methyl sites for hydroxylation is 1. The van der Waals surface area contributed by atoms with Crippen molar-refractivity contribution in [2.24, 2.45) is 0 Å². The number of rotatable bonds is 6. The SMILES string of the molecule is Cc1ccc2oc(=O)n(Cc3noc(C(=O)NCC(C)c4ccccc4)n3)c2c1. The highest BCUT2D eigenvalue weighted by atomic mass is 16.5. The number of fused-ring (bicyclic) bond motifs is 1. The molecule has 4 rings (SSSR count). The second-order valence-electron chi connectivity index (χ2n) is 6.96. The predicted molar refractivity (Wildman–Crippen MR) is 106 cm³/mol. The molecule has 2 heterocycles. The Morgan fingerprint density at radius 3 is 2.79 bits per heavy atom. The number of carbonyl (C=O) groups is 1. The van der Waals surface area contributed by atoms with Gasteiger partial charge in [0, 0.05) is 6.54 Å². The van der Waals surface area contributed by atoms with Gasteiger partial charge in [-0.05, 0) is 36.1 Å². The molecule has 0 bridgehead atoms. The fourth-order valence-electron chi connectivity index (χ4n) is 3.09. The topological polar surface area (TPSA) is 103 Å². The third-order valence-electron chi connectivity index (χ3n) is 4.72. The lowest BCUT2D eigenvalue weighted by Crippen LogP contribution is -2.27. The number of hydrogen-bond donors (Lipinski definition) is 1. The molecule has 1 N–H and O–H groups in total. The van der Waals surface area contributed by atoms with Crippen LogP contribution in [0.25, 0.3) is 11.1 Å². The number of oxazole rings is 1. The van der Waals surface area contributed by atoms with Crippen molar-refractivity contribution in [3.05, 3.63) is 81.9 Å². The van der Waals surface area contributed by atoms with Gasteiger partial charge in [0.05, 0.1) is 12.1 Å². The molecule has 0 fully saturated rings. The molecule has 0 aliphatic rings. The van der Waals surface area contributed by atoms with Crippen LogP contribution < -0.4 is 11.1 Å². The standard InChI is InChI=1S/C21H20N4O4/c1-13-8-9-17-16(10-13)25(21(27)28-17)12-18-23-20(29-24-18)19(26)22-11-14(2)15-6-4-3-5-7-15/h3-10,14H,11-12H2,1-2H3,(H,22,26). The number of nitrogens with one attached hydrogen (secondary N) is 1. The molecule has 8 nitrogen and oxygen atoms in total. The zero-order valence-corrected chi connectivity index (χ0v) is 16.1. The highest BCUT2D eigenvalue weighted by Gasteiger charge is 2.18. The molecule has 1 amide bonds. The number of benzene rings is 2. The van der Waals surface area contributed by atoms with Crippen LogP contribution in [0.4, 0.5) is 0 Å². The van der Waals surface area contributed by atoms with Crippen LogP contribution in [0.15, 0.2) is 62.3 Å². The van der Waals surface area contributed by atoms with E-state index >= 15 is 0 Å². The van der Waals surface area contributed by atoms with Gasteiger partial charge in [-0.15, -0.1) is 0 Å². The third kappa shape index (κ3) is 3.96. The molecule has 0 saturated heterocycles. The van der Waals surface area contributed by atoms with Crippen LogP contribution in [0.2, 0.25) is 0 Å². The Kier molecular flexibility index (Phi) is 4.99. The molecule has 0 spiro atoms. The average Bonchev–Trinajstić information content (AvgIpc) is 3.32. The minimum absolute atomic E-state index is 0.0481. The van der Waals surface area contributed by atoms with E-state index in [2.05, 4.69) is 15.5 Å². The van der Waals surface area contributed by atoms with E-state index in [4.69, 9.17) is 8.94 Å². The van der Waals surface area contributed by atoms with Crippen LogP contribution in [-0.2, 0) is 6.54 Å². The van der Waals surface area contributed by atoms with Crippen molar-refractivity contribution in [3.63, 3.8) is 0 Å². The fraction of sp³-hybridized carbons (Fsp3) is 0.238. The molecule has 2 aromatic carbocycles. The first-order chi connectivity index (χ1) is 14.0. The van der Waals surface area contributed by atoms with Gasteiger partial charge in [-0.25, -0.2) is 4.79 Å². The Morgan fingerprint density at radius 1 is 1.21 bits per heavy atom. The van der Waals surface area contributed by atoms with Gasteiger partial charge in [-0.2, -0.15) is 4.98 Å². The molecule has 1 atom stereocenters. The molecule has 148 valence electrons. The number of carbonyl (C=O) groups excluding carboxylic acids is 1. The van der Waals surface area contributed by atoms with Crippen LogP contribution in [0.5, 0.6) is 0 Å². The highest BCUT2D eigenvalue weighted by molar-refractivity contribution is 5.89. The minimum Gasteiger partial charge on any atom is -0.408 e. The van der Waals surface area contributed by atoms with Gasteiger partial charge in [0.1, 0.15) is 0 Å². The zero-order chi connectivity index (χ0) is 20.4. The minimum atomic E-state index is -0.516. The van der Waals surface area contributed by atoms with E-state index in [1.54, 1.807) is 6.07 Å². The normalized spacial score (nSPS) is 12.2. The van der Waals surface area contributed by atoms with Gasteiger partial charge >= 0.3 is 17.6 Å². The summed E-state index contributed by atoms with van der Waals surface area (Å²) in [5.41, 5.74) is 3.24. The highest BCUT2D eigenvalue weighted by Crippen LogP contribution is 2.16. The summed E-state index contributed by atoms with van der Waals surface area (Å²) in [4.78, 5) is 28.6. The Hall–Kier alpha value is -3.68. The maximum Gasteiger partial charge on any atom is 0.420 e. The summed E-state index contributed by atoms with van der Waals surface area (Å²) in [7, 11) is 0. The number of nitrogens with zero attached hydrogens (tertiary/aromatic N) is 3. The summed E-state index contributed by atoms with van der Waals surface area (Å²) in [5.74, 6) is -0.749. The van der Waals surface area contributed by atoms with Crippen molar-refractivity contribution in [2.75, 3.05) is 6.54 Å². The van der Waals surface area contributed by atoms with Gasteiger partial charge < -0.3 is 14.3 Å². The Labute approximate surface area is 166 Å². The Balaban J connectivity index is 1.45. The molecule has 0 aliphatic heterocycles. The predicted octanol–water partition coefficient (Wildman–Crippen LogP) is 2.87. The van der Waals surface area contributed by atoms with E-state index in [0.29, 0.717) is 17.6 Å². The molecule has 0 aliphatic carbocycles. The first-order valence-corrected chi connectivity index (χ1v) is 9.27. The molecule has 29 heavy (non-hydrogen) atoms.